The molecular formula is C14H16N4. The predicted molar refractivity (Wildman–Crippen MR) is 72.1 cm³/mol. The minimum atomic E-state index is 1.03. The van der Waals surface area contributed by atoms with Crippen molar-refractivity contribution in [1.29, 1.82) is 0 Å². The summed E-state index contributed by atoms with van der Waals surface area (Å²) in [7, 11) is 1.99. The minimum absolute atomic E-state index is 1.03. The second-order valence-corrected chi connectivity index (χ2v) is 4.53. The lowest BCUT2D eigenvalue weighted by Crippen LogP contribution is -2.30. The fourth-order valence-electron chi connectivity index (χ4n) is 2.39. The highest BCUT2D eigenvalue weighted by atomic mass is 15.6. The molecule has 1 aromatic carbocycles. The van der Waals surface area contributed by atoms with Crippen molar-refractivity contribution in [2.45, 2.75) is 6.92 Å². The molecule has 18 heavy (non-hydrogen) atoms. The monoisotopic (exact) mass is 240 g/mol. The Balaban J connectivity index is 2.07. The summed E-state index contributed by atoms with van der Waals surface area (Å²) in [6, 6.07) is 10.2. The number of nitrogens with one attached hydrogen (secondary N) is 1. The van der Waals surface area contributed by atoms with Crippen LogP contribution < -0.4 is 11.3 Å². The van der Waals surface area contributed by atoms with Crippen LogP contribution in [0.15, 0.2) is 59.7 Å². The van der Waals surface area contributed by atoms with Crippen LogP contribution in [0.2, 0.25) is 0 Å². The first kappa shape index (κ1) is 10.9. The van der Waals surface area contributed by atoms with E-state index >= 15 is 0 Å². The molecule has 0 bridgehead atoms. The SMILES string of the molecule is CC1=C2C(=CC(c3ccccc3)=CN2N)N(C)N1. The molecule has 0 radical (unpaired) electrons. The Hall–Kier alpha value is -2.20. The molecule has 2 aliphatic heterocycles. The van der Waals surface area contributed by atoms with Crippen LogP contribution in [-0.4, -0.2) is 17.1 Å². The topological polar surface area (TPSA) is 44.5 Å². The molecule has 3 rings (SSSR count). The van der Waals surface area contributed by atoms with Gasteiger partial charge in [0.1, 0.15) is 5.70 Å². The van der Waals surface area contributed by atoms with Crippen LogP contribution in [0.4, 0.5) is 0 Å². The summed E-state index contributed by atoms with van der Waals surface area (Å²) in [6.45, 7) is 2.02. The van der Waals surface area contributed by atoms with Crippen molar-refractivity contribution in [3.05, 3.63) is 65.3 Å². The molecule has 0 aliphatic carbocycles. The van der Waals surface area contributed by atoms with Gasteiger partial charge in [0.15, 0.2) is 0 Å². The Labute approximate surface area is 107 Å². The van der Waals surface area contributed by atoms with E-state index in [9.17, 15) is 0 Å². The van der Waals surface area contributed by atoms with E-state index in [1.165, 1.54) is 0 Å². The van der Waals surface area contributed by atoms with E-state index in [1.807, 2.05) is 43.4 Å². The zero-order valence-corrected chi connectivity index (χ0v) is 10.5. The fourth-order valence-corrected chi connectivity index (χ4v) is 2.39. The number of likely N-dealkylation sites (N-methyl/N-ethyl adjacent to an activating group) is 1. The third kappa shape index (κ3) is 1.58. The number of rotatable bonds is 1. The fraction of sp³-hybridized carbons (Fsp3) is 0.143. The first-order chi connectivity index (χ1) is 8.66. The first-order valence-electron chi connectivity index (χ1n) is 5.91. The van der Waals surface area contributed by atoms with Gasteiger partial charge in [-0.2, -0.15) is 0 Å². The molecule has 0 fully saturated rings. The number of hydrogen-bond acceptors (Lipinski definition) is 4. The number of hydrazine groups is 2. The van der Waals surface area contributed by atoms with E-state index in [-0.39, 0.29) is 0 Å². The normalized spacial score (nSPS) is 18.4. The van der Waals surface area contributed by atoms with Crippen molar-refractivity contribution in [3.63, 3.8) is 0 Å². The number of allylic oxidation sites excluding steroid dienone is 3. The molecular weight excluding hydrogens is 224 g/mol. The molecule has 0 atom stereocenters. The first-order valence-corrected chi connectivity index (χ1v) is 5.91. The molecule has 0 unspecified atom stereocenters. The average molecular weight is 240 g/mol. The summed E-state index contributed by atoms with van der Waals surface area (Å²) in [4.78, 5) is 0. The van der Waals surface area contributed by atoms with Crippen LogP contribution in [-0.2, 0) is 0 Å². The maximum atomic E-state index is 6.09. The molecule has 0 saturated carbocycles. The van der Waals surface area contributed by atoms with Gasteiger partial charge >= 0.3 is 0 Å². The largest absolute Gasteiger partial charge is 0.301 e. The van der Waals surface area contributed by atoms with Gasteiger partial charge in [-0.15, -0.1) is 0 Å². The highest BCUT2D eigenvalue weighted by Crippen LogP contribution is 2.32. The molecule has 0 spiro atoms. The van der Waals surface area contributed by atoms with Crippen molar-refractivity contribution in [2.75, 3.05) is 7.05 Å². The number of benzene rings is 1. The van der Waals surface area contributed by atoms with Gasteiger partial charge in [0.25, 0.3) is 0 Å². The Morgan fingerprint density at radius 2 is 1.89 bits per heavy atom. The average Bonchev–Trinajstić information content (AvgIpc) is 2.66. The second-order valence-electron chi connectivity index (χ2n) is 4.53. The summed E-state index contributed by atoms with van der Waals surface area (Å²) >= 11 is 0. The zero-order chi connectivity index (χ0) is 12.7. The Kier molecular flexibility index (Phi) is 2.38. The van der Waals surface area contributed by atoms with Crippen LogP contribution in [0, 0.1) is 0 Å². The second kappa shape index (κ2) is 3.92. The van der Waals surface area contributed by atoms with Gasteiger partial charge in [0.2, 0.25) is 0 Å². The van der Waals surface area contributed by atoms with E-state index < -0.39 is 0 Å². The lowest BCUT2D eigenvalue weighted by atomic mass is 10.0. The smallest absolute Gasteiger partial charge is 0.102 e. The van der Waals surface area contributed by atoms with Gasteiger partial charge in [-0.05, 0) is 18.6 Å². The zero-order valence-electron chi connectivity index (χ0n) is 10.5. The number of nitrogens with zero attached hydrogens (tertiary/aromatic N) is 2. The highest BCUT2D eigenvalue weighted by Gasteiger charge is 2.27. The van der Waals surface area contributed by atoms with Crippen molar-refractivity contribution in [1.82, 2.24) is 15.4 Å². The van der Waals surface area contributed by atoms with Crippen LogP contribution in [0.5, 0.6) is 0 Å². The van der Waals surface area contributed by atoms with Crippen LogP contribution in [0.25, 0.3) is 5.57 Å². The maximum Gasteiger partial charge on any atom is 0.102 e. The van der Waals surface area contributed by atoms with Gasteiger partial charge in [0.05, 0.1) is 11.4 Å². The van der Waals surface area contributed by atoms with Crippen molar-refractivity contribution in [2.24, 2.45) is 5.84 Å². The highest BCUT2D eigenvalue weighted by molar-refractivity contribution is 5.77. The van der Waals surface area contributed by atoms with Gasteiger partial charge in [-0.25, -0.2) is 5.84 Å². The quantitative estimate of drug-likeness (QED) is 0.734. The van der Waals surface area contributed by atoms with Crippen molar-refractivity contribution >= 4 is 5.57 Å². The minimum Gasteiger partial charge on any atom is -0.301 e. The predicted octanol–water partition coefficient (Wildman–Crippen LogP) is 1.78. The summed E-state index contributed by atoms with van der Waals surface area (Å²) in [5.41, 5.74) is 8.71. The Bertz CT molecular complexity index is 569. The van der Waals surface area contributed by atoms with Gasteiger partial charge < -0.3 is 5.43 Å². The molecule has 1 aromatic rings. The molecule has 0 aromatic heterocycles. The number of nitrogens with two attached hydrogens (primary N) is 1. The van der Waals surface area contributed by atoms with Crippen molar-refractivity contribution < 1.29 is 0 Å². The molecule has 0 saturated heterocycles. The van der Waals surface area contributed by atoms with E-state index in [0.29, 0.717) is 0 Å². The van der Waals surface area contributed by atoms with Crippen molar-refractivity contribution in [3.8, 4) is 0 Å². The Morgan fingerprint density at radius 1 is 1.17 bits per heavy atom. The van der Waals surface area contributed by atoms with Crippen LogP contribution in [0.3, 0.4) is 0 Å². The summed E-state index contributed by atoms with van der Waals surface area (Å²) in [5, 5.41) is 3.67. The summed E-state index contributed by atoms with van der Waals surface area (Å²) in [5.74, 6) is 6.09. The molecule has 92 valence electrons. The molecule has 2 heterocycles. The molecule has 4 nitrogen and oxygen atoms in total. The van der Waals surface area contributed by atoms with E-state index in [0.717, 1.165) is 28.2 Å². The third-order valence-corrected chi connectivity index (χ3v) is 3.23. The Morgan fingerprint density at radius 3 is 2.61 bits per heavy atom. The standard InChI is InChI=1S/C14H16N4/c1-10-14-13(17(2)16-10)8-12(9-18(14)15)11-6-4-3-5-7-11/h3-9,16H,15H2,1-2H3. The molecule has 0 amide bonds. The van der Waals surface area contributed by atoms with Crippen LogP contribution in [0.1, 0.15) is 12.5 Å². The lowest BCUT2D eigenvalue weighted by Gasteiger charge is -2.25. The van der Waals surface area contributed by atoms with Crippen LogP contribution >= 0.6 is 0 Å². The lowest BCUT2D eigenvalue weighted by molar-refractivity contribution is 0.363. The van der Waals surface area contributed by atoms with E-state index in [2.05, 4.69) is 23.6 Å². The summed E-state index contributed by atoms with van der Waals surface area (Å²) < 4.78 is 0. The van der Waals surface area contributed by atoms with Gasteiger partial charge in [-0.1, -0.05) is 30.3 Å². The number of fused-ring (bicyclic) bond motifs is 1. The molecule has 3 N–H and O–H groups in total. The molecule has 2 aliphatic rings. The van der Waals surface area contributed by atoms with E-state index in [1.54, 1.807) is 5.01 Å². The summed E-state index contributed by atoms with van der Waals surface area (Å²) in [6.07, 6.45) is 4.11. The third-order valence-electron chi connectivity index (χ3n) is 3.23. The maximum absolute atomic E-state index is 6.09. The van der Waals surface area contributed by atoms with Gasteiger partial charge in [0, 0.05) is 18.8 Å². The van der Waals surface area contributed by atoms with E-state index in [4.69, 9.17) is 5.84 Å². The number of hydrogen-bond donors (Lipinski definition) is 2. The molecule has 4 heteroatoms. The van der Waals surface area contributed by atoms with Gasteiger partial charge in [-0.3, -0.25) is 10.0 Å².